The summed E-state index contributed by atoms with van der Waals surface area (Å²) in [6.45, 7) is 3.55. The van der Waals surface area contributed by atoms with E-state index < -0.39 is 47.5 Å². The van der Waals surface area contributed by atoms with Crippen LogP contribution in [0.4, 0.5) is 0 Å². The highest BCUT2D eigenvalue weighted by Crippen LogP contribution is 2.70. The van der Waals surface area contributed by atoms with Crippen molar-refractivity contribution in [2.75, 3.05) is 13.2 Å². The quantitative estimate of drug-likeness (QED) is 0.546. The summed E-state index contributed by atoms with van der Waals surface area (Å²) in [5.74, 6) is -0.388. The number of aliphatic hydroxyl groups excluding tert-OH is 3. The molecule has 7 atom stereocenters. The lowest BCUT2D eigenvalue weighted by molar-refractivity contribution is -0.244. The number of hydrogen-bond acceptors (Lipinski definition) is 6. The van der Waals surface area contributed by atoms with Gasteiger partial charge >= 0.3 is 0 Å². The van der Waals surface area contributed by atoms with Gasteiger partial charge in [-0.15, -0.1) is 0 Å². The second-order valence-electron chi connectivity index (χ2n) is 7.07. The van der Waals surface area contributed by atoms with E-state index >= 15 is 0 Å². The third-order valence-corrected chi connectivity index (χ3v) is 6.43. The smallest absolute Gasteiger partial charge is 0.187 e. The average Bonchev–Trinajstić information content (AvgIpc) is 3.20. The van der Waals surface area contributed by atoms with Crippen LogP contribution >= 0.6 is 0 Å². The van der Waals surface area contributed by atoms with Crippen molar-refractivity contribution in [1.29, 1.82) is 0 Å². The molecule has 1 saturated carbocycles. The first-order chi connectivity index (χ1) is 9.84. The maximum Gasteiger partial charge on any atom is 0.187 e. The molecule has 2 aliphatic carbocycles. The highest BCUT2D eigenvalue weighted by Gasteiger charge is 2.83. The van der Waals surface area contributed by atoms with Crippen molar-refractivity contribution in [3.8, 4) is 0 Å². The zero-order chi connectivity index (χ0) is 15.2. The van der Waals surface area contributed by atoms with Gasteiger partial charge in [-0.3, -0.25) is 4.79 Å². The number of rotatable bonds is 1. The monoisotopic (exact) mass is 296 g/mol. The van der Waals surface area contributed by atoms with E-state index in [-0.39, 0.29) is 5.78 Å². The van der Waals surface area contributed by atoms with Crippen LogP contribution in [-0.4, -0.2) is 64.3 Å². The molecule has 5 unspecified atom stereocenters. The van der Waals surface area contributed by atoms with Crippen molar-refractivity contribution in [2.45, 2.75) is 50.3 Å². The summed E-state index contributed by atoms with van der Waals surface area (Å²) in [6.07, 6.45) is -1.14. The second-order valence-corrected chi connectivity index (χ2v) is 7.07. The average molecular weight is 296 g/mol. The molecular formula is C15H20O6. The summed E-state index contributed by atoms with van der Waals surface area (Å²) >= 11 is 0. The van der Waals surface area contributed by atoms with Crippen molar-refractivity contribution in [2.24, 2.45) is 10.8 Å². The van der Waals surface area contributed by atoms with Crippen LogP contribution in [0.5, 0.6) is 0 Å². The molecule has 2 heterocycles. The molecule has 4 aliphatic rings. The van der Waals surface area contributed by atoms with Crippen molar-refractivity contribution in [1.82, 2.24) is 0 Å². The Labute approximate surface area is 122 Å². The minimum atomic E-state index is -1.35. The van der Waals surface area contributed by atoms with Gasteiger partial charge in [-0.25, -0.2) is 0 Å². The summed E-state index contributed by atoms with van der Waals surface area (Å²) in [6, 6.07) is 0. The van der Waals surface area contributed by atoms with E-state index in [0.717, 1.165) is 0 Å². The van der Waals surface area contributed by atoms with E-state index in [1.165, 1.54) is 0 Å². The molecule has 3 fully saturated rings. The third kappa shape index (κ3) is 1.22. The Hall–Kier alpha value is -0.790. The van der Waals surface area contributed by atoms with Crippen molar-refractivity contribution < 1.29 is 29.6 Å². The first kappa shape index (κ1) is 13.8. The number of hydrogen-bond donors (Lipinski definition) is 3. The minimum absolute atomic E-state index is 0.339. The number of fused-ring (bicyclic) bond motifs is 2. The van der Waals surface area contributed by atoms with Gasteiger partial charge in [-0.1, -0.05) is 6.92 Å². The molecule has 6 nitrogen and oxygen atoms in total. The zero-order valence-corrected chi connectivity index (χ0v) is 12.1. The van der Waals surface area contributed by atoms with Crippen LogP contribution in [-0.2, 0) is 14.3 Å². The minimum Gasteiger partial charge on any atom is -0.396 e. The lowest BCUT2D eigenvalue weighted by Crippen LogP contribution is -2.70. The van der Waals surface area contributed by atoms with Crippen LogP contribution in [0.2, 0.25) is 0 Å². The lowest BCUT2D eigenvalue weighted by Gasteiger charge is -2.58. The predicted molar refractivity (Wildman–Crippen MR) is 70.4 cm³/mol. The first-order valence-corrected chi connectivity index (χ1v) is 7.33. The van der Waals surface area contributed by atoms with E-state index in [1.54, 1.807) is 13.0 Å². The molecule has 1 spiro atoms. The normalized spacial score (nSPS) is 58.1. The molecule has 116 valence electrons. The van der Waals surface area contributed by atoms with Crippen molar-refractivity contribution >= 4 is 5.78 Å². The Morgan fingerprint density at radius 1 is 1.43 bits per heavy atom. The number of aliphatic hydroxyl groups is 3. The summed E-state index contributed by atoms with van der Waals surface area (Å²) in [5, 5.41) is 31.1. The number of ketones is 1. The van der Waals surface area contributed by atoms with Gasteiger partial charge in [0.05, 0.1) is 30.8 Å². The molecule has 2 saturated heterocycles. The standard InChI is InChI=1S/C15H20O6/c1-7-3-9-14(5-16,11(19)10(7)18)13(2)4-8(17)12(21-9)15(13)6-20-15/h3,8-9,11-12,16-17,19H,4-6H2,1-2H3/t8-,9?,11-,12?,13?,14?,15?/m0/s1. The van der Waals surface area contributed by atoms with E-state index in [2.05, 4.69) is 0 Å². The molecule has 2 bridgehead atoms. The summed E-state index contributed by atoms with van der Waals surface area (Å²) in [4.78, 5) is 12.3. The van der Waals surface area contributed by atoms with Crippen LogP contribution in [0.25, 0.3) is 0 Å². The highest BCUT2D eigenvalue weighted by atomic mass is 16.6. The summed E-state index contributed by atoms with van der Waals surface area (Å²) < 4.78 is 11.6. The Balaban J connectivity index is 1.95. The zero-order valence-electron chi connectivity index (χ0n) is 12.1. The summed E-state index contributed by atoms with van der Waals surface area (Å²) in [7, 11) is 0. The highest BCUT2D eigenvalue weighted by molar-refractivity contribution is 6.00. The molecule has 6 heteroatoms. The lowest BCUT2D eigenvalue weighted by atomic mass is 9.50. The predicted octanol–water partition coefficient (Wildman–Crippen LogP) is -0.838. The van der Waals surface area contributed by atoms with Gasteiger partial charge in [0, 0.05) is 5.41 Å². The number of carbonyl (C=O) groups excluding carboxylic acids is 1. The van der Waals surface area contributed by atoms with E-state index in [9.17, 15) is 20.1 Å². The molecule has 4 rings (SSSR count). The topological polar surface area (TPSA) is 99.5 Å². The van der Waals surface area contributed by atoms with Gasteiger partial charge in [-0.05, 0) is 25.0 Å². The van der Waals surface area contributed by atoms with Crippen LogP contribution < -0.4 is 0 Å². The molecule has 2 aliphatic heterocycles. The van der Waals surface area contributed by atoms with Crippen LogP contribution in [0.15, 0.2) is 11.6 Å². The maximum atomic E-state index is 12.3. The van der Waals surface area contributed by atoms with Crippen LogP contribution in [0, 0.1) is 10.8 Å². The fourth-order valence-corrected chi connectivity index (χ4v) is 5.02. The van der Waals surface area contributed by atoms with Gasteiger partial charge in [0.25, 0.3) is 0 Å². The van der Waals surface area contributed by atoms with Crippen LogP contribution in [0.1, 0.15) is 20.3 Å². The molecule has 0 amide bonds. The SMILES string of the molecule is CC1=CC2OC3[C@@H](O)CC(C)(C34CO4)C2(CO)[C@@H](O)C1=O. The Morgan fingerprint density at radius 3 is 2.67 bits per heavy atom. The van der Waals surface area contributed by atoms with Crippen LogP contribution in [0.3, 0.4) is 0 Å². The summed E-state index contributed by atoms with van der Waals surface area (Å²) in [5.41, 5.74) is -2.16. The van der Waals surface area contributed by atoms with E-state index in [1.807, 2.05) is 6.92 Å². The molecule has 3 N–H and O–H groups in total. The Bertz CT molecular complexity index is 552. The molecule has 0 radical (unpaired) electrons. The van der Waals surface area contributed by atoms with E-state index in [0.29, 0.717) is 18.6 Å². The second kappa shape index (κ2) is 3.75. The fraction of sp³-hybridized carbons (Fsp3) is 0.800. The van der Waals surface area contributed by atoms with E-state index in [4.69, 9.17) is 9.47 Å². The molecule has 21 heavy (non-hydrogen) atoms. The Morgan fingerprint density at radius 2 is 2.10 bits per heavy atom. The molecule has 0 aromatic carbocycles. The van der Waals surface area contributed by atoms with Gasteiger partial charge in [-0.2, -0.15) is 0 Å². The van der Waals surface area contributed by atoms with Gasteiger partial charge < -0.3 is 24.8 Å². The maximum absolute atomic E-state index is 12.3. The fourth-order valence-electron chi connectivity index (χ4n) is 5.02. The van der Waals surface area contributed by atoms with Gasteiger partial charge in [0.15, 0.2) is 5.78 Å². The molecular weight excluding hydrogens is 276 g/mol. The molecule has 0 aromatic heterocycles. The van der Waals surface area contributed by atoms with Gasteiger partial charge in [0.1, 0.15) is 17.8 Å². The van der Waals surface area contributed by atoms with Crippen molar-refractivity contribution in [3.05, 3.63) is 11.6 Å². The number of Topliss-reactive ketones (excluding diaryl/α,β-unsaturated/α-hetero) is 1. The van der Waals surface area contributed by atoms with Gasteiger partial charge in [0.2, 0.25) is 0 Å². The number of carbonyl (C=O) groups is 1. The van der Waals surface area contributed by atoms with Crippen molar-refractivity contribution in [3.63, 3.8) is 0 Å². The largest absolute Gasteiger partial charge is 0.396 e. The third-order valence-electron chi connectivity index (χ3n) is 6.43. The number of epoxide rings is 1. The first-order valence-electron chi connectivity index (χ1n) is 7.33. The Kier molecular flexibility index (Phi) is 2.47. The molecule has 0 aromatic rings. The number of ether oxygens (including phenoxy) is 2.